The molecule has 0 unspecified atom stereocenters. The van der Waals surface area contributed by atoms with Crippen molar-refractivity contribution < 1.29 is 14.3 Å². The maximum Gasteiger partial charge on any atom is 0.316 e. The molecular formula is C23H19BrN6O3. The quantitative estimate of drug-likeness (QED) is 0.359. The highest BCUT2D eigenvalue weighted by atomic mass is 79.9. The Bertz CT molecular complexity index is 1250. The fourth-order valence-electron chi connectivity index (χ4n) is 2.98. The van der Waals surface area contributed by atoms with Crippen LogP contribution in [-0.2, 0) is 0 Å². The number of aromatic nitrogens is 5. The SMILES string of the molecule is Cc1ccc(-c2c(OCCOc3ncc(Br)cn3)nc(-c3ccncc3)nc2C(N)=O)cc1. The van der Waals surface area contributed by atoms with E-state index in [1.165, 1.54) is 0 Å². The lowest BCUT2D eigenvalue weighted by molar-refractivity contribution is 0.0995. The molecule has 0 atom stereocenters. The number of rotatable bonds is 8. The highest BCUT2D eigenvalue weighted by Crippen LogP contribution is 2.33. The van der Waals surface area contributed by atoms with Crippen LogP contribution in [0.5, 0.6) is 11.9 Å². The first-order chi connectivity index (χ1) is 16.0. The predicted molar refractivity (Wildman–Crippen MR) is 125 cm³/mol. The number of pyridine rings is 1. The van der Waals surface area contributed by atoms with Gasteiger partial charge < -0.3 is 15.2 Å². The predicted octanol–water partition coefficient (Wildman–Crippen LogP) is 3.62. The van der Waals surface area contributed by atoms with E-state index in [-0.39, 0.29) is 30.8 Å². The summed E-state index contributed by atoms with van der Waals surface area (Å²) in [7, 11) is 0. The summed E-state index contributed by atoms with van der Waals surface area (Å²) in [5.74, 6) is -0.170. The van der Waals surface area contributed by atoms with E-state index in [0.717, 1.165) is 10.0 Å². The summed E-state index contributed by atoms with van der Waals surface area (Å²) in [5.41, 5.74) is 8.63. The van der Waals surface area contributed by atoms with E-state index in [4.69, 9.17) is 15.2 Å². The van der Waals surface area contributed by atoms with Crippen LogP contribution in [0.1, 0.15) is 16.1 Å². The summed E-state index contributed by atoms with van der Waals surface area (Å²) in [6.45, 7) is 2.26. The average Bonchev–Trinajstić information content (AvgIpc) is 2.83. The Kier molecular flexibility index (Phi) is 6.84. The molecule has 0 radical (unpaired) electrons. The summed E-state index contributed by atoms with van der Waals surface area (Å²) in [6, 6.07) is 11.3. The van der Waals surface area contributed by atoms with E-state index in [0.29, 0.717) is 22.5 Å². The van der Waals surface area contributed by atoms with Gasteiger partial charge in [0.05, 0.1) is 10.0 Å². The normalized spacial score (nSPS) is 10.6. The van der Waals surface area contributed by atoms with Gasteiger partial charge in [-0.15, -0.1) is 0 Å². The molecule has 166 valence electrons. The lowest BCUT2D eigenvalue weighted by atomic mass is 10.0. The fraction of sp³-hybridized carbons (Fsp3) is 0.130. The van der Waals surface area contributed by atoms with E-state index in [9.17, 15) is 4.79 Å². The van der Waals surface area contributed by atoms with Crippen molar-refractivity contribution >= 4 is 21.8 Å². The van der Waals surface area contributed by atoms with E-state index in [1.807, 2.05) is 31.2 Å². The van der Waals surface area contributed by atoms with E-state index in [2.05, 4.69) is 40.8 Å². The number of carbonyl (C=O) groups excluding carboxylic acids is 1. The standard InChI is InChI=1S/C23H19BrN6O3/c1-14-2-4-15(5-3-14)18-19(20(25)31)29-21(16-6-8-26-9-7-16)30-22(18)32-10-11-33-23-27-12-17(24)13-28-23/h2-9,12-13H,10-11H2,1H3,(H2,25,31). The Morgan fingerprint density at radius 3 is 2.27 bits per heavy atom. The number of amides is 1. The number of nitrogens with two attached hydrogens (primary N) is 1. The minimum atomic E-state index is -0.687. The second kappa shape index (κ2) is 10.1. The minimum Gasteiger partial charge on any atom is -0.473 e. The molecule has 10 heteroatoms. The largest absolute Gasteiger partial charge is 0.473 e. The van der Waals surface area contributed by atoms with Crippen LogP contribution in [-0.4, -0.2) is 44.0 Å². The van der Waals surface area contributed by atoms with Gasteiger partial charge in [0.2, 0.25) is 5.88 Å². The van der Waals surface area contributed by atoms with Crippen LogP contribution in [0.4, 0.5) is 0 Å². The van der Waals surface area contributed by atoms with Crippen LogP contribution >= 0.6 is 15.9 Å². The van der Waals surface area contributed by atoms with Crippen molar-refractivity contribution in [3.63, 3.8) is 0 Å². The third kappa shape index (κ3) is 5.47. The molecule has 0 bridgehead atoms. The van der Waals surface area contributed by atoms with Gasteiger partial charge in [-0.1, -0.05) is 29.8 Å². The second-order valence-electron chi connectivity index (χ2n) is 6.92. The number of hydrogen-bond acceptors (Lipinski definition) is 8. The van der Waals surface area contributed by atoms with Crippen molar-refractivity contribution in [1.82, 2.24) is 24.9 Å². The van der Waals surface area contributed by atoms with Gasteiger partial charge in [0.1, 0.15) is 18.9 Å². The molecular weight excluding hydrogens is 488 g/mol. The molecule has 0 aliphatic carbocycles. The Balaban J connectivity index is 1.68. The molecule has 33 heavy (non-hydrogen) atoms. The summed E-state index contributed by atoms with van der Waals surface area (Å²) in [5, 5.41) is 0. The Morgan fingerprint density at radius 2 is 1.61 bits per heavy atom. The summed E-state index contributed by atoms with van der Waals surface area (Å²) in [4.78, 5) is 33.5. The fourth-order valence-corrected chi connectivity index (χ4v) is 3.18. The number of primary amides is 1. The number of carbonyl (C=O) groups is 1. The number of benzene rings is 1. The topological polar surface area (TPSA) is 126 Å². The zero-order chi connectivity index (χ0) is 23.2. The third-order valence-corrected chi connectivity index (χ3v) is 4.95. The van der Waals surface area contributed by atoms with Crippen molar-refractivity contribution in [1.29, 1.82) is 0 Å². The molecule has 4 aromatic rings. The van der Waals surface area contributed by atoms with Crippen molar-refractivity contribution in [2.75, 3.05) is 13.2 Å². The Hall–Kier alpha value is -3.92. The number of nitrogens with zero attached hydrogens (tertiary/aromatic N) is 5. The summed E-state index contributed by atoms with van der Waals surface area (Å²) in [6.07, 6.45) is 6.40. The lowest BCUT2D eigenvalue weighted by Gasteiger charge is -2.15. The van der Waals surface area contributed by atoms with E-state index < -0.39 is 5.91 Å². The molecule has 0 aliphatic rings. The molecule has 1 amide bonds. The minimum absolute atomic E-state index is 0.0628. The number of ether oxygens (including phenoxy) is 2. The highest BCUT2D eigenvalue weighted by molar-refractivity contribution is 9.10. The van der Waals surface area contributed by atoms with Crippen molar-refractivity contribution in [2.45, 2.75) is 6.92 Å². The van der Waals surface area contributed by atoms with Gasteiger partial charge in [0.15, 0.2) is 5.82 Å². The smallest absolute Gasteiger partial charge is 0.316 e. The molecule has 0 spiro atoms. The Labute approximate surface area is 198 Å². The first-order valence-electron chi connectivity index (χ1n) is 9.93. The van der Waals surface area contributed by atoms with Crippen LogP contribution in [0.2, 0.25) is 0 Å². The van der Waals surface area contributed by atoms with Crippen LogP contribution in [0.15, 0.2) is 65.7 Å². The lowest BCUT2D eigenvalue weighted by Crippen LogP contribution is -2.18. The number of halogens is 1. The molecule has 0 fully saturated rings. The highest BCUT2D eigenvalue weighted by Gasteiger charge is 2.22. The maximum absolute atomic E-state index is 12.4. The third-order valence-electron chi connectivity index (χ3n) is 4.54. The van der Waals surface area contributed by atoms with Crippen LogP contribution < -0.4 is 15.2 Å². The summed E-state index contributed by atoms with van der Waals surface area (Å²) < 4.78 is 12.2. The van der Waals surface area contributed by atoms with Gasteiger partial charge in [-0.2, -0.15) is 4.98 Å². The monoisotopic (exact) mass is 506 g/mol. The first kappa shape index (κ1) is 22.3. The van der Waals surface area contributed by atoms with Crippen molar-refractivity contribution in [3.05, 3.63) is 76.9 Å². The van der Waals surface area contributed by atoms with Crippen LogP contribution in [0.25, 0.3) is 22.5 Å². The maximum atomic E-state index is 12.4. The molecule has 4 rings (SSSR count). The molecule has 9 nitrogen and oxygen atoms in total. The van der Waals surface area contributed by atoms with Gasteiger partial charge in [-0.3, -0.25) is 9.78 Å². The first-order valence-corrected chi connectivity index (χ1v) is 10.7. The second-order valence-corrected chi connectivity index (χ2v) is 7.84. The van der Waals surface area contributed by atoms with Gasteiger partial charge in [-0.05, 0) is 40.5 Å². The molecule has 0 aliphatic heterocycles. The Morgan fingerprint density at radius 1 is 0.939 bits per heavy atom. The molecule has 1 aromatic carbocycles. The van der Waals surface area contributed by atoms with Crippen molar-refractivity contribution in [2.24, 2.45) is 5.73 Å². The number of aryl methyl sites for hydroxylation is 1. The number of hydrogen-bond donors (Lipinski definition) is 1. The van der Waals surface area contributed by atoms with Gasteiger partial charge in [0, 0.05) is 30.4 Å². The van der Waals surface area contributed by atoms with Gasteiger partial charge >= 0.3 is 6.01 Å². The van der Waals surface area contributed by atoms with Crippen LogP contribution in [0.3, 0.4) is 0 Å². The van der Waals surface area contributed by atoms with Gasteiger partial charge in [-0.25, -0.2) is 15.0 Å². The zero-order valence-corrected chi connectivity index (χ0v) is 19.2. The zero-order valence-electron chi connectivity index (χ0n) is 17.6. The van der Waals surface area contributed by atoms with E-state index >= 15 is 0 Å². The van der Waals surface area contributed by atoms with Gasteiger partial charge in [0.25, 0.3) is 5.91 Å². The van der Waals surface area contributed by atoms with Crippen molar-refractivity contribution in [3.8, 4) is 34.4 Å². The molecule has 3 aromatic heterocycles. The molecule has 0 saturated heterocycles. The van der Waals surface area contributed by atoms with Crippen LogP contribution in [0, 0.1) is 6.92 Å². The molecule has 0 saturated carbocycles. The molecule has 3 heterocycles. The summed E-state index contributed by atoms with van der Waals surface area (Å²) >= 11 is 3.28. The average molecular weight is 507 g/mol. The molecule has 2 N–H and O–H groups in total. The van der Waals surface area contributed by atoms with E-state index in [1.54, 1.807) is 36.9 Å².